The number of carbonyl (C=O) groups excluding carboxylic acids is 1. The van der Waals surface area contributed by atoms with E-state index in [0.29, 0.717) is 5.69 Å². The van der Waals surface area contributed by atoms with Gasteiger partial charge >= 0.3 is 0 Å². The van der Waals surface area contributed by atoms with E-state index in [2.05, 4.69) is 14.9 Å². The molecule has 1 fully saturated rings. The fraction of sp³-hybridized carbons (Fsp3) is 0.350. The van der Waals surface area contributed by atoms with Gasteiger partial charge in [0.15, 0.2) is 0 Å². The topological polar surface area (TPSA) is 87.7 Å². The highest BCUT2D eigenvalue weighted by molar-refractivity contribution is 7.89. The SMILES string of the molecule is COC1CCN(c2ccc(NC(=O)CCNS(=O)(=O)c3c(Cl)cccc3Cl)cc2)C1. The van der Waals surface area contributed by atoms with Gasteiger partial charge in [-0.25, -0.2) is 13.1 Å². The van der Waals surface area contributed by atoms with Crippen LogP contribution in [0.1, 0.15) is 12.8 Å². The molecule has 1 saturated heterocycles. The van der Waals surface area contributed by atoms with Crippen LogP contribution in [0.3, 0.4) is 0 Å². The summed E-state index contributed by atoms with van der Waals surface area (Å²) in [5.41, 5.74) is 1.71. The van der Waals surface area contributed by atoms with Crippen molar-refractivity contribution in [2.75, 3.05) is 37.0 Å². The number of amides is 1. The second kappa shape index (κ2) is 9.98. The molecule has 0 aromatic heterocycles. The minimum atomic E-state index is -3.92. The van der Waals surface area contributed by atoms with E-state index in [0.717, 1.165) is 25.2 Å². The van der Waals surface area contributed by atoms with E-state index >= 15 is 0 Å². The summed E-state index contributed by atoms with van der Waals surface area (Å²) in [7, 11) is -2.20. The van der Waals surface area contributed by atoms with Gasteiger partial charge in [0.25, 0.3) is 0 Å². The average Bonchev–Trinajstić information content (AvgIpc) is 3.17. The standard InChI is InChI=1S/C20H23Cl2N3O4S/c1-29-16-10-12-25(13-16)15-7-5-14(6-8-15)24-19(26)9-11-23-30(27,28)20-17(21)3-2-4-18(20)22/h2-8,16,23H,9-13H2,1H3,(H,24,26). The Balaban J connectivity index is 1.50. The molecule has 2 aromatic carbocycles. The van der Waals surface area contributed by atoms with Crippen LogP contribution in [-0.4, -0.2) is 47.2 Å². The Kier molecular flexibility index (Phi) is 7.60. The number of hydrogen-bond donors (Lipinski definition) is 2. The molecule has 1 aliphatic rings. The smallest absolute Gasteiger partial charge is 0.243 e. The minimum absolute atomic E-state index is 0.0226. The van der Waals surface area contributed by atoms with Crippen molar-refractivity contribution in [3.8, 4) is 0 Å². The summed E-state index contributed by atoms with van der Waals surface area (Å²) in [5, 5.41) is 2.80. The summed E-state index contributed by atoms with van der Waals surface area (Å²) in [6.07, 6.45) is 1.20. The van der Waals surface area contributed by atoms with Crippen LogP contribution < -0.4 is 14.9 Å². The first kappa shape index (κ1) is 22.8. The molecule has 0 radical (unpaired) electrons. The molecule has 2 aromatic rings. The van der Waals surface area contributed by atoms with Crippen molar-refractivity contribution in [3.05, 3.63) is 52.5 Å². The lowest BCUT2D eigenvalue weighted by atomic mass is 10.2. The maximum Gasteiger partial charge on any atom is 0.243 e. The highest BCUT2D eigenvalue weighted by Crippen LogP contribution is 2.28. The molecule has 1 atom stereocenters. The van der Waals surface area contributed by atoms with Crippen molar-refractivity contribution < 1.29 is 17.9 Å². The zero-order chi connectivity index (χ0) is 21.7. The molecule has 10 heteroatoms. The largest absolute Gasteiger partial charge is 0.380 e. The van der Waals surface area contributed by atoms with E-state index < -0.39 is 10.0 Å². The summed E-state index contributed by atoms with van der Waals surface area (Å²) in [6, 6.07) is 12.0. The van der Waals surface area contributed by atoms with Gasteiger partial charge in [-0.05, 0) is 42.8 Å². The lowest BCUT2D eigenvalue weighted by molar-refractivity contribution is -0.116. The number of benzene rings is 2. The quantitative estimate of drug-likeness (QED) is 0.614. The third kappa shape index (κ3) is 5.65. The number of hydrogen-bond acceptors (Lipinski definition) is 5. The highest BCUT2D eigenvalue weighted by Gasteiger charge is 2.23. The number of carbonyl (C=O) groups is 1. The maximum atomic E-state index is 12.4. The van der Waals surface area contributed by atoms with Crippen molar-refractivity contribution in [1.29, 1.82) is 0 Å². The number of nitrogens with zero attached hydrogens (tertiary/aromatic N) is 1. The minimum Gasteiger partial charge on any atom is -0.380 e. The van der Waals surface area contributed by atoms with E-state index in [-0.39, 0.29) is 39.9 Å². The third-order valence-corrected chi connectivity index (χ3v) is 7.24. The van der Waals surface area contributed by atoms with Gasteiger partial charge in [-0.2, -0.15) is 0 Å². The zero-order valence-electron chi connectivity index (χ0n) is 16.4. The van der Waals surface area contributed by atoms with Crippen LogP contribution in [0.5, 0.6) is 0 Å². The first-order chi connectivity index (χ1) is 14.3. The molecule has 0 aliphatic carbocycles. The first-order valence-electron chi connectivity index (χ1n) is 9.41. The lowest BCUT2D eigenvalue weighted by Crippen LogP contribution is -2.28. The first-order valence-corrected chi connectivity index (χ1v) is 11.7. The number of methoxy groups -OCH3 is 1. The second-order valence-corrected chi connectivity index (χ2v) is 9.40. The maximum absolute atomic E-state index is 12.4. The molecule has 0 spiro atoms. The molecule has 162 valence electrons. The summed E-state index contributed by atoms with van der Waals surface area (Å²) in [4.78, 5) is 14.2. The second-order valence-electron chi connectivity index (χ2n) is 6.89. The Bertz CT molecular complexity index is 979. The average molecular weight is 472 g/mol. The zero-order valence-corrected chi connectivity index (χ0v) is 18.7. The number of sulfonamides is 1. The van der Waals surface area contributed by atoms with E-state index in [1.165, 1.54) is 12.1 Å². The molecule has 2 N–H and O–H groups in total. The fourth-order valence-electron chi connectivity index (χ4n) is 3.24. The summed E-state index contributed by atoms with van der Waals surface area (Å²) < 4.78 is 32.5. The number of ether oxygens (including phenoxy) is 1. The van der Waals surface area contributed by atoms with E-state index in [9.17, 15) is 13.2 Å². The van der Waals surface area contributed by atoms with E-state index in [1.807, 2.05) is 24.3 Å². The normalized spacial score (nSPS) is 16.6. The van der Waals surface area contributed by atoms with Crippen LogP contribution in [-0.2, 0) is 19.6 Å². The van der Waals surface area contributed by atoms with Crippen LogP contribution in [0, 0.1) is 0 Å². The number of halogens is 2. The van der Waals surface area contributed by atoms with E-state index in [1.54, 1.807) is 13.2 Å². The Hall–Kier alpha value is -1.84. The van der Waals surface area contributed by atoms with Gasteiger partial charge in [0, 0.05) is 44.5 Å². The summed E-state index contributed by atoms with van der Waals surface area (Å²) in [6.45, 7) is 1.69. The van der Waals surface area contributed by atoms with Gasteiger partial charge in [0.2, 0.25) is 15.9 Å². The molecular formula is C20H23Cl2N3O4S. The highest BCUT2D eigenvalue weighted by atomic mass is 35.5. The van der Waals surface area contributed by atoms with Gasteiger partial charge in [0.05, 0.1) is 16.1 Å². The van der Waals surface area contributed by atoms with E-state index in [4.69, 9.17) is 27.9 Å². The Morgan fingerprint density at radius 2 is 1.83 bits per heavy atom. The van der Waals surface area contributed by atoms with Gasteiger partial charge in [-0.1, -0.05) is 29.3 Å². The molecule has 30 heavy (non-hydrogen) atoms. The fourth-order valence-corrected chi connectivity index (χ4v) is 5.42. The van der Waals surface area contributed by atoms with Gasteiger partial charge in [0.1, 0.15) is 4.90 Å². The number of rotatable bonds is 8. The third-order valence-electron chi connectivity index (χ3n) is 4.83. The molecule has 1 amide bonds. The van der Waals surface area contributed by atoms with Crippen LogP contribution in [0.15, 0.2) is 47.4 Å². The van der Waals surface area contributed by atoms with Gasteiger partial charge in [-0.15, -0.1) is 0 Å². The molecule has 3 rings (SSSR count). The Morgan fingerprint density at radius 3 is 2.43 bits per heavy atom. The van der Waals surface area contributed by atoms with Crippen LogP contribution in [0.2, 0.25) is 10.0 Å². The van der Waals surface area contributed by atoms with Crippen molar-refractivity contribution in [1.82, 2.24) is 4.72 Å². The van der Waals surface area contributed by atoms with Crippen molar-refractivity contribution in [2.24, 2.45) is 0 Å². The molecule has 7 nitrogen and oxygen atoms in total. The molecule has 1 heterocycles. The van der Waals surface area contributed by atoms with Gasteiger partial charge < -0.3 is 15.0 Å². The number of anilines is 2. The monoisotopic (exact) mass is 471 g/mol. The van der Waals surface area contributed by atoms with Crippen LogP contribution >= 0.6 is 23.2 Å². The molecule has 1 unspecified atom stereocenters. The van der Waals surface area contributed by atoms with Crippen LogP contribution in [0.25, 0.3) is 0 Å². The predicted octanol–water partition coefficient (Wildman–Crippen LogP) is 3.53. The van der Waals surface area contributed by atoms with Crippen LogP contribution in [0.4, 0.5) is 11.4 Å². The lowest BCUT2D eigenvalue weighted by Gasteiger charge is -2.18. The van der Waals surface area contributed by atoms with Crippen molar-refractivity contribution in [2.45, 2.75) is 23.8 Å². The summed E-state index contributed by atoms with van der Waals surface area (Å²) in [5.74, 6) is -0.309. The van der Waals surface area contributed by atoms with Crippen molar-refractivity contribution in [3.63, 3.8) is 0 Å². The summed E-state index contributed by atoms with van der Waals surface area (Å²) >= 11 is 11.9. The molecule has 0 saturated carbocycles. The van der Waals surface area contributed by atoms with Gasteiger partial charge in [-0.3, -0.25) is 4.79 Å². The molecule has 1 aliphatic heterocycles. The molecular weight excluding hydrogens is 449 g/mol. The molecule has 0 bridgehead atoms. The predicted molar refractivity (Wildman–Crippen MR) is 119 cm³/mol. The Morgan fingerprint density at radius 1 is 1.17 bits per heavy atom. The Labute approximate surface area is 186 Å². The van der Waals surface area contributed by atoms with Crippen molar-refractivity contribution >= 4 is 50.5 Å². The number of nitrogens with one attached hydrogen (secondary N) is 2.